The van der Waals surface area contributed by atoms with E-state index in [-0.39, 0.29) is 0 Å². The van der Waals surface area contributed by atoms with Crippen LogP contribution in [0.15, 0.2) is 6.07 Å². The molecule has 10 heteroatoms. The van der Waals surface area contributed by atoms with Crippen molar-refractivity contribution in [3.63, 3.8) is 0 Å². The maximum Gasteiger partial charge on any atom is 0.574 e. The number of nitrogens with zero attached hydrogens (tertiary/aromatic N) is 1. The van der Waals surface area contributed by atoms with E-state index in [9.17, 15) is 26.7 Å². The number of carbonyl (C=O) groups is 1. The Morgan fingerprint density at radius 3 is 2.42 bits per heavy atom. The van der Waals surface area contributed by atoms with Crippen LogP contribution < -0.4 is 4.74 Å². The number of alkyl halides is 5. The molecule has 0 spiro atoms. The SMILES string of the molecule is COC(=O)c1cc(C(F)F)c(I)c(OC(F)(F)F)n1. The second kappa shape index (κ2) is 5.84. The number of carbonyl (C=O) groups excluding carboxylic acids is 1. The Hall–Kier alpha value is -1.20. The molecule has 0 aromatic carbocycles. The predicted molar refractivity (Wildman–Crippen MR) is 59.9 cm³/mol. The Labute approximate surface area is 117 Å². The number of halogens is 6. The lowest BCUT2D eigenvalue weighted by Crippen LogP contribution is -2.20. The predicted octanol–water partition coefficient (Wildman–Crippen LogP) is 3.31. The fourth-order valence-corrected chi connectivity index (χ4v) is 1.69. The van der Waals surface area contributed by atoms with Crippen LogP contribution in [0.2, 0.25) is 0 Å². The topological polar surface area (TPSA) is 48.4 Å². The molecule has 0 aliphatic carbocycles. The highest BCUT2D eigenvalue weighted by molar-refractivity contribution is 14.1. The Morgan fingerprint density at radius 1 is 1.42 bits per heavy atom. The van der Waals surface area contributed by atoms with Crippen molar-refractivity contribution < 1.29 is 36.2 Å². The van der Waals surface area contributed by atoms with Crippen molar-refractivity contribution in [2.45, 2.75) is 12.8 Å². The summed E-state index contributed by atoms with van der Waals surface area (Å²) in [4.78, 5) is 14.4. The maximum absolute atomic E-state index is 12.7. The van der Waals surface area contributed by atoms with Gasteiger partial charge in [-0.15, -0.1) is 13.2 Å². The van der Waals surface area contributed by atoms with Gasteiger partial charge in [0.1, 0.15) is 0 Å². The van der Waals surface area contributed by atoms with Crippen molar-refractivity contribution in [3.8, 4) is 5.88 Å². The van der Waals surface area contributed by atoms with E-state index in [4.69, 9.17) is 0 Å². The van der Waals surface area contributed by atoms with Gasteiger partial charge >= 0.3 is 12.3 Å². The molecular formula is C9H5F5INO3. The van der Waals surface area contributed by atoms with Gasteiger partial charge in [-0.25, -0.2) is 18.6 Å². The molecule has 1 aromatic rings. The van der Waals surface area contributed by atoms with Crippen LogP contribution in [-0.2, 0) is 4.74 Å². The van der Waals surface area contributed by atoms with Gasteiger partial charge in [0.25, 0.3) is 6.43 Å². The second-order valence-corrected chi connectivity index (χ2v) is 4.13. The Bertz CT molecular complexity index is 491. The maximum atomic E-state index is 12.7. The van der Waals surface area contributed by atoms with Crippen LogP contribution in [0.3, 0.4) is 0 Å². The van der Waals surface area contributed by atoms with Gasteiger partial charge in [0.2, 0.25) is 5.88 Å². The largest absolute Gasteiger partial charge is 0.574 e. The average molecular weight is 397 g/mol. The number of esters is 1. The van der Waals surface area contributed by atoms with Gasteiger partial charge in [-0.1, -0.05) is 0 Å². The number of ether oxygens (including phenoxy) is 2. The summed E-state index contributed by atoms with van der Waals surface area (Å²) >= 11 is 1.23. The molecule has 0 atom stereocenters. The fraction of sp³-hybridized carbons (Fsp3) is 0.333. The normalized spacial score (nSPS) is 11.6. The first kappa shape index (κ1) is 15.9. The van der Waals surface area contributed by atoms with E-state index in [1.54, 1.807) is 0 Å². The number of hydrogen-bond acceptors (Lipinski definition) is 4. The summed E-state index contributed by atoms with van der Waals surface area (Å²) in [7, 11) is 0.939. The van der Waals surface area contributed by atoms with Crippen molar-refractivity contribution in [3.05, 3.63) is 20.9 Å². The third-order valence-corrected chi connectivity index (χ3v) is 2.88. The molecular weight excluding hydrogens is 392 g/mol. The second-order valence-electron chi connectivity index (χ2n) is 3.06. The first-order valence-corrected chi connectivity index (χ1v) is 5.56. The van der Waals surface area contributed by atoms with Crippen LogP contribution in [0.1, 0.15) is 22.5 Å². The average Bonchev–Trinajstić information content (AvgIpc) is 2.28. The summed E-state index contributed by atoms with van der Waals surface area (Å²) in [5.41, 5.74) is -1.49. The van der Waals surface area contributed by atoms with Crippen LogP contribution in [-0.4, -0.2) is 24.4 Å². The van der Waals surface area contributed by atoms with Gasteiger partial charge in [-0.2, -0.15) is 0 Å². The molecule has 0 fully saturated rings. The Morgan fingerprint density at radius 2 is 2.00 bits per heavy atom. The third-order valence-electron chi connectivity index (χ3n) is 1.80. The number of pyridine rings is 1. The Kier molecular flexibility index (Phi) is 4.87. The molecule has 106 valence electrons. The zero-order valence-corrected chi connectivity index (χ0v) is 11.3. The summed E-state index contributed by atoms with van der Waals surface area (Å²) < 4.78 is 68.8. The third kappa shape index (κ3) is 4.14. The minimum atomic E-state index is -5.11. The summed E-state index contributed by atoms with van der Waals surface area (Å²) in [6.07, 6.45) is -8.20. The lowest BCUT2D eigenvalue weighted by Gasteiger charge is -2.13. The van der Waals surface area contributed by atoms with Crippen molar-refractivity contribution in [2.75, 3.05) is 7.11 Å². The van der Waals surface area contributed by atoms with Crippen LogP contribution in [0.4, 0.5) is 22.0 Å². The molecule has 0 radical (unpaired) electrons. The standard InChI is InChI=1S/C9H5F5INO3/c1-18-8(17)4-2-3(6(10)11)5(15)7(16-4)19-9(12,13)14/h2,6H,1H3. The van der Waals surface area contributed by atoms with Crippen molar-refractivity contribution in [1.29, 1.82) is 0 Å². The minimum absolute atomic E-state index is 0.530. The van der Waals surface area contributed by atoms with Gasteiger partial charge in [0.05, 0.1) is 10.7 Å². The van der Waals surface area contributed by atoms with Gasteiger partial charge in [-0.3, -0.25) is 0 Å². The van der Waals surface area contributed by atoms with E-state index in [0.717, 1.165) is 7.11 Å². The highest BCUT2D eigenvalue weighted by Crippen LogP contribution is 2.33. The molecule has 0 aliphatic rings. The van der Waals surface area contributed by atoms with Crippen molar-refractivity contribution in [2.24, 2.45) is 0 Å². The van der Waals surface area contributed by atoms with E-state index in [2.05, 4.69) is 14.5 Å². The quantitative estimate of drug-likeness (QED) is 0.446. The zero-order chi connectivity index (χ0) is 14.8. The van der Waals surface area contributed by atoms with E-state index in [1.165, 1.54) is 22.6 Å². The molecule has 4 nitrogen and oxygen atoms in total. The fourth-order valence-electron chi connectivity index (χ4n) is 1.07. The summed E-state index contributed by atoms with van der Waals surface area (Å²) in [6.45, 7) is 0. The molecule has 1 heterocycles. The molecule has 0 aliphatic heterocycles. The number of aromatic nitrogens is 1. The van der Waals surface area contributed by atoms with Crippen LogP contribution >= 0.6 is 22.6 Å². The van der Waals surface area contributed by atoms with Gasteiger partial charge in [0.15, 0.2) is 5.69 Å². The number of methoxy groups -OCH3 is 1. The van der Waals surface area contributed by atoms with Crippen LogP contribution in [0, 0.1) is 3.57 Å². The molecule has 1 aromatic heterocycles. The van der Waals surface area contributed by atoms with Crippen molar-refractivity contribution >= 4 is 28.6 Å². The summed E-state index contributed by atoms with van der Waals surface area (Å²) in [5, 5.41) is 0. The van der Waals surface area contributed by atoms with Crippen LogP contribution in [0.5, 0.6) is 5.88 Å². The van der Waals surface area contributed by atoms with Gasteiger partial charge in [0, 0.05) is 5.56 Å². The summed E-state index contributed by atoms with van der Waals surface area (Å²) in [5.74, 6) is -2.27. The molecule has 0 unspecified atom stereocenters. The monoisotopic (exact) mass is 397 g/mol. The molecule has 1 rings (SSSR count). The summed E-state index contributed by atoms with van der Waals surface area (Å²) in [6, 6.07) is 0.654. The molecule has 0 saturated carbocycles. The first-order chi connectivity index (χ1) is 8.65. The highest BCUT2D eigenvalue weighted by Gasteiger charge is 2.34. The molecule has 0 saturated heterocycles. The van der Waals surface area contributed by atoms with E-state index >= 15 is 0 Å². The number of hydrogen-bond donors (Lipinski definition) is 0. The zero-order valence-electron chi connectivity index (χ0n) is 9.09. The smallest absolute Gasteiger partial charge is 0.464 e. The number of rotatable bonds is 3. The lowest BCUT2D eigenvalue weighted by molar-refractivity contribution is -0.276. The minimum Gasteiger partial charge on any atom is -0.464 e. The highest BCUT2D eigenvalue weighted by atomic mass is 127. The van der Waals surface area contributed by atoms with E-state index < -0.39 is 39.5 Å². The molecule has 0 amide bonds. The molecule has 19 heavy (non-hydrogen) atoms. The van der Waals surface area contributed by atoms with E-state index in [0.29, 0.717) is 6.07 Å². The van der Waals surface area contributed by atoms with Crippen LogP contribution in [0.25, 0.3) is 0 Å². The van der Waals surface area contributed by atoms with Crippen molar-refractivity contribution in [1.82, 2.24) is 4.98 Å². The first-order valence-electron chi connectivity index (χ1n) is 4.48. The molecule has 0 bridgehead atoms. The molecule has 0 N–H and O–H groups in total. The van der Waals surface area contributed by atoms with E-state index in [1.807, 2.05) is 0 Å². The lowest BCUT2D eigenvalue weighted by atomic mass is 10.2. The van der Waals surface area contributed by atoms with Gasteiger partial charge in [-0.05, 0) is 28.7 Å². The Balaban J connectivity index is 3.36. The van der Waals surface area contributed by atoms with Gasteiger partial charge < -0.3 is 9.47 Å².